The molecule has 0 bridgehead atoms. The molecule has 100 valence electrons. The molecule has 1 heterocycles. The normalized spacial score (nSPS) is 17.9. The first kappa shape index (κ1) is 13.1. The van der Waals surface area contributed by atoms with Gasteiger partial charge in [-0.3, -0.25) is 9.48 Å². The second-order valence-corrected chi connectivity index (χ2v) is 5.15. The van der Waals surface area contributed by atoms with E-state index in [1.807, 2.05) is 6.92 Å². The highest BCUT2D eigenvalue weighted by Gasteiger charge is 2.26. The number of aromatic nitrogens is 2. The highest BCUT2D eigenvalue weighted by atomic mass is 16.2. The summed E-state index contributed by atoms with van der Waals surface area (Å²) in [7, 11) is 1.79. The van der Waals surface area contributed by atoms with E-state index in [9.17, 15) is 4.79 Å². The fraction of sp³-hybridized carbons (Fsp3) is 0.692. The van der Waals surface area contributed by atoms with Crippen LogP contribution in [0.2, 0.25) is 0 Å². The van der Waals surface area contributed by atoms with Crippen molar-refractivity contribution in [2.24, 2.45) is 18.7 Å². The molecule has 1 aromatic heterocycles. The van der Waals surface area contributed by atoms with Crippen molar-refractivity contribution in [1.82, 2.24) is 15.1 Å². The molecular formula is C13H22N4O. The Hall–Kier alpha value is -1.36. The van der Waals surface area contributed by atoms with E-state index in [0.717, 1.165) is 5.69 Å². The molecule has 1 atom stereocenters. The van der Waals surface area contributed by atoms with E-state index in [2.05, 4.69) is 10.4 Å². The smallest absolute Gasteiger partial charge is 0.269 e. The van der Waals surface area contributed by atoms with Gasteiger partial charge in [-0.25, -0.2) is 0 Å². The topological polar surface area (TPSA) is 72.9 Å². The van der Waals surface area contributed by atoms with Crippen LogP contribution >= 0.6 is 0 Å². The van der Waals surface area contributed by atoms with Crippen LogP contribution in [0.1, 0.15) is 41.9 Å². The minimum absolute atomic E-state index is 0.0690. The second kappa shape index (κ2) is 5.52. The van der Waals surface area contributed by atoms with Crippen LogP contribution in [0.3, 0.4) is 0 Å². The van der Waals surface area contributed by atoms with Crippen LogP contribution in [0, 0.1) is 12.8 Å². The maximum atomic E-state index is 12.2. The lowest BCUT2D eigenvalue weighted by Crippen LogP contribution is -2.45. The number of amides is 1. The molecule has 0 radical (unpaired) electrons. The first-order valence-electron chi connectivity index (χ1n) is 6.63. The second-order valence-electron chi connectivity index (χ2n) is 5.15. The van der Waals surface area contributed by atoms with Crippen LogP contribution in [-0.4, -0.2) is 28.3 Å². The van der Waals surface area contributed by atoms with Crippen LogP contribution in [0.4, 0.5) is 0 Å². The molecule has 5 heteroatoms. The van der Waals surface area contributed by atoms with Crippen molar-refractivity contribution >= 4 is 5.91 Å². The molecule has 3 N–H and O–H groups in total. The third-order valence-electron chi connectivity index (χ3n) is 3.77. The van der Waals surface area contributed by atoms with Crippen molar-refractivity contribution < 1.29 is 4.79 Å². The molecule has 1 fully saturated rings. The van der Waals surface area contributed by atoms with Gasteiger partial charge in [-0.05, 0) is 31.7 Å². The third-order valence-corrected chi connectivity index (χ3v) is 3.77. The Kier molecular flexibility index (Phi) is 4.01. The summed E-state index contributed by atoms with van der Waals surface area (Å²) in [5.41, 5.74) is 7.24. The van der Waals surface area contributed by atoms with Crippen LogP contribution in [0.25, 0.3) is 0 Å². The zero-order valence-corrected chi connectivity index (χ0v) is 11.1. The molecule has 1 aliphatic rings. The molecule has 1 aromatic rings. The molecule has 18 heavy (non-hydrogen) atoms. The Morgan fingerprint density at radius 3 is 2.78 bits per heavy atom. The zero-order chi connectivity index (χ0) is 13.1. The number of carbonyl (C=O) groups excluding carboxylic acids is 1. The minimum atomic E-state index is -0.0690. The van der Waals surface area contributed by atoms with Crippen molar-refractivity contribution in [2.45, 2.75) is 38.6 Å². The van der Waals surface area contributed by atoms with Gasteiger partial charge in [0.2, 0.25) is 0 Å². The van der Waals surface area contributed by atoms with E-state index in [4.69, 9.17) is 5.73 Å². The van der Waals surface area contributed by atoms with Gasteiger partial charge in [0, 0.05) is 19.6 Å². The quantitative estimate of drug-likeness (QED) is 0.836. The molecule has 1 aliphatic carbocycles. The van der Waals surface area contributed by atoms with Crippen LogP contribution < -0.4 is 11.1 Å². The molecule has 0 aliphatic heterocycles. The fourth-order valence-electron chi connectivity index (χ4n) is 2.79. The third kappa shape index (κ3) is 2.72. The summed E-state index contributed by atoms with van der Waals surface area (Å²) in [5, 5.41) is 7.24. The van der Waals surface area contributed by atoms with Crippen LogP contribution in [-0.2, 0) is 7.05 Å². The zero-order valence-electron chi connectivity index (χ0n) is 11.1. The lowest BCUT2D eigenvalue weighted by molar-refractivity contribution is 0.0914. The van der Waals surface area contributed by atoms with Crippen molar-refractivity contribution in [3.8, 4) is 0 Å². The van der Waals surface area contributed by atoms with Crippen LogP contribution in [0.5, 0.6) is 0 Å². The van der Waals surface area contributed by atoms with E-state index in [1.54, 1.807) is 17.8 Å². The molecule has 2 rings (SSSR count). The number of nitrogens with two attached hydrogens (primary N) is 1. The molecule has 0 aromatic carbocycles. The van der Waals surface area contributed by atoms with Crippen molar-refractivity contribution in [1.29, 1.82) is 0 Å². The number of nitrogens with one attached hydrogen (secondary N) is 1. The molecule has 1 unspecified atom stereocenters. The van der Waals surface area contributed by atoms with Crippen molar-refractivity contribution in [3.05, 3.63) is 17.5 Å². The van der Waals surface area contributed by atoms with Gasteiger partial charge in [0.15, 0.2) is 0 Å². The van der Waals surface area contributed by atoms with Crippen LogP contribution in [0.15, 0.2) is 6.07 Å². The number of rotatable bonds is 4. The number of aryl methyl sites for hydroxylation is 2. The summed E-state index contributed by atoms with van der Waals surface area (Å²) in [6, 6.07) is 1.90. The monoisotopic (exact) mass is 250 g/mol. The predicted octanol–water partition coefficient (Wildman–Crippen LogP) is 0.976. The molecule has 0 spiro atoms. The van der Waals surface area contributed by atoms with Gasteiger partial charge >= 0.3 is 0 Å². The SMILES string of the molecule is Cc1cc(C(=O)NC(CN)C2CCCC2)n(C)n1. The largest absolute Gasteiger partial charge is 0.346 e. The van der Waals surface area contributed by atoms with Gasteiger partial charge in [-0.15, -0.1) is 0 Å². The first-order valence-corrected chi connectivity index (χ1v) is 6.63. The summed E-state index contributed by atoms with van der Waals surface area (Å²) in [5.74, 6) is 0.466. The molecular weight excluding hydrogens is 228 g/mol. The van der Waals surface area contributed by atoms with Gasteiger partial charge in [0.25, 0.3) is 5.91 Å². The van der Waals surface area contributed by atoms with E-state index in [1.165, 1.54) is 25.7 Å². The standard InChI is InChI=1S/C13H22N4O/c1-9-7-12(17(2)16-9)13(18)15-11(8-14)10-5-3-4-6-10/h7,10-11H,3-6,8,14H2,1-2H3,(H,15,18). The lowest BCUT2D eigenvalue weighted by Gasteiger charge is -2.23. The highest BCUT2D eigenvalue weighted by Crippen LogP contribution is 2.27. The highest BCUT2D eigenvalue weighted by molar-refractivity contribution is 5.92. The van der Waals surface area contributed by atoms with Crippen molar-refractivity contribution in [2.75, 3.05) is 6.54 Å². The fourth-order valence-corrected chi connectivity index (χ4v) is 2.79. The minimum Gasteiger partial charge on any atom is -0.346 e. The Balaban J connectivity index is 2.03. The Morgan fingerprint density at radius 2 is 2.28 bits per heavy atom. The van der Waals surface area contributed by atoms with E-state index in [-0.39, 0.29) is 11.9 Å². The summed E-state index contributed by atoms with van der Waals surface area (Å²) < 4.78 is 1.62. The Morgan fingerprint density at radius 1 is 1.61 bits per heavy atom. The molecule has 5 nitrogen and oxygen atoms in total. The number of hydrogen-bond acceptors (Lipinski definition) is 3. The average Bonchev–Trinajstić information content (AvgIpc) is 2.95. The Bertz CT molecular complexity index is 421. The number of carbonyl (C=O) groups is 1. The first-order chi connectivity index (χ1) is 8.61. The van der Waals surface area contributed by atoms with E-state index >= 15 is 0 Å². The van der Waals surface area contributed by atoms with E-state index < -0.39 is 0 Å². The maximum Gasteiger partial charge on any atom is 0.269 e. The van der Waals surface area contributed by atoms with E-state index in [0.29, 0.717) is 18.2 Å². The summed E-state index contributed by atoms with van der Waals surface area (Å²) in [6.07, 6.45) is 4.85. The number of nitrogens with zero attached hydrogens (tertiary/aromatic N) is 2. The van der Waals surface area contributed by atoms with Crippen molar-refractivity contribution in [3.63, 3.8) is 0 Å². The molecule has 0 saturated heterocycles. The van der Waals surface area contributed by atoms with Gasteiger partial charge in [0.1, 0.15) is 5.69 Å². The maximum absolute atomic E-state index is 12.2. The predicted molar refractivity (Wildman–Crippen MR) is 70.2 cm³/mol. The van der Waals surface area contributed by atoms with Gasteiger partial charge in [0.05, 0.1) is 5.69 Å². The van der Waals surface area contributed by atoms with Gasteiger partial charge in [-0.1, -0.05) is 12.8 Å². The Labute approximate surface area is 108 Å². The average molecular weight is 250 g/mol. The van der Waals surface area contributed by atoms with Gasteiger partial charge in [-0.2, -0.15) is 5.10 Å². The summed E-state index contributed by atoms with van der Waals surface area (Å²) >= 11 is 0. The van der Waals surface area contributed by atoms with Gasteiger partial charge < -0.3 is 11.1 Å². The summed E-state index contributed by atoms with van der Waals surface area (Å²) in [4.78, 5) is 12.2. The summed E-state index contributed by atoms with van der Waals surface area (Å²) in [6.45, 7) is 2.39. The lowest BCUT2D eigenvalue weighted by atomic mass is 9.98. The molecule has 1 saturated carbocycles. The number of hydrogen-bond donors (Lipinski definition) is 2. The molecule has 1 amide bonds.